The molecule has 0 saturated carbocycles. The second kappa shape index (κ2) is 6.85. The second-order valence-electron chi connectivity index (χ2n) is 4.69. The summed E-state index contributed by atoms with van der Waals surface area (Å²) in [5.74, 6) is 1.92. The topological polar surface area (TPSA) is 74.2 Å². The zero-order chi connectivity index (χ0) is 14.5. The van der Waals surface area contributed by atoms with Crippen LogP contribution in [0.3, 0.4) is 0 Å². The van der Waals surface area contributed by atoms with Gasteiger partial charge in [0.2, 0.25) is 11.7 Å². The van der Waals surface area contributed by atoms with Gasteiger partial charge >= 0.3 is 0 Å². The summed E-state index contributed by atoms with van der Waals surface area (Å²) >= 11 is 3.50. The number of nitrogens with zero attached hydrogens (tertiary/aromatic N) is 2. The van der Waals surface area contributed by atoms with Crippen LogP contribution in [0, 0.1) is 0 Å². The standard InChI is InChI=1S/C14H18BrN3O2/c1-3-14-17-13(18-20-14)8-19-12-5-4-10(6-9(2)16)7-11(12)15/h4-5,7,9H,3,6,8,16H2,1-2H3. The van der Waals surface area contributed by atoms with Crippen LogP contribution < -0.4 is 10.5 Å². The van der Waals surface area contributed by atoms with Crippen LogP contribution in [-0.2, 0) is 19.4 Å². The molecule has 6 heteroatoms. The van der Waals surface area contributed by atoms with Gasteiger partial charge in [0.25, 0.3) is 0 Å². The van der Waals surface area contributed by atoms with Crippen molar-refractivity contribution in [2.45, 2.75) is 39.3 Å². The number of hydrogen-bond donors (Lipinski definition) is 1. The fourth-order valence-corrected chi connectivity index (χ4v) is 2.34. The number of rotatable bonds is 6. The van der Waals surface area contributed by atoms with Crippen LogP contribution in [0.2, 0.25) is 0 Å². The van der Waals surface area contributed by atoms with E-state index in [9.17, 15) is 0 Å². The highest BCUT2D eigenvalue weighted by atomic mass is 79.9. The molecule has 0 spiro atoms. The SMILES string of the molecule is CCc1nc(COc2ccc(CC(C)N)cc2Br)no1. The van der Waals surface area contributed by atoms with E-state index in [2.05, 4.69) is 26.1 Å². The van der Waals surface area contributed by atoms with Crippen molar-refractivity contribution in [3.05, 3.63) is 40.0 Å². The van der Waals surface area contributed by atoms with Gasteiger partial charge in [-0.15, -0.1) is 0 Å². The van der Waals surface area contributed by atoms with Crippen molar-refractivity contribution in [1.29, 1.82) is 0 Å². The van der Waals surface area contributed by atoms with E-state index < -0.39 is 0 Å². The van der Waals surface area contributed by atoms with Crippen LogP contribution >= 0.6 is 15.9 Å². The molecule has 2 aromatic rings. The highest BCUT2D eigenvalue weighted by Gasteiger charge is 2.08. The first kappa shape index (κ1) is 15.0. The predicted molar refractivity (Wildman–Crippen MR) is 79.5 cm³/mol. The highest BCUT2D eigenvalue weighted by molar-refractivity contribution is 9.10. The molecule has 20 heavy (non-hydrogen) atoms. The monoisotopic (exact) mass is 339 g/mol. The summed E-state index contributed by atoms with van der Waals surface area (Å²) in [7, 11) is 0. The fraction of sp³-hybridized carbons (Fsp3) is 0.429. The van der Waals surface area contributed by atoms with E-state index in [0.717, 1.165) is 23.1 Å². The van der Waals surface area contributed by atoms with Crippen LogP contribution in [0.15, 0.2) is 27.2 Å². The van der Waals surface area contributed by atoms with Crippen LogP contribution in [0.4, 0.5) is 0 Å². The minimum atomic E-state index is 0.139. The summed E-state index contributed by atoms with van der Waals surface area (Å²) in [5, 5.41) is 3.85. The van der Waals surface area contributed by atoms with Gasteiger partial charge in [-0.2, -0.15) is 4.98 Å². The van der Waals surface area contributed by atoms with Crippen molar-refractivity contribution in [2.75, 3.05) is 0 Å². The number of hydrogen-bond acceptors (Lipinski definition) is 5. The zero-order valence-electron chi connectivity index (χ0n) is 11.6. The summed E-state index contributed by atoms with van der Waals surface area (Å²) in [6.45, 7) is 4.24. The Morgan fingerprint density at radius 2 is 2.25 bits per heavy atom. The molecule has 0 amide bonds. The van der Waals surface area contributed by atoms with Gasteiger partial charge in [0.15, 0.2) is 6.61 Å². The number of ether oxygens (including phenoxy) is 1. The molecule has 0 radical (unpaired) electrons. The first-order valence-corrected chi connectivity index (χ1v) is 7.36. The minimum absolute atomic E-state index is 0.139. The van der Waals surface area contributed by atoms with Gasteiger partial charge < -0.3 is 15.0 Å². The van der Waals surface area contributed by atoms with Gasteiger partial charge in [0.1, 0.15) is 5.75 Å². The molecule has 0 aliphatic carbocycles. The van der Waals surface area contributed by atoms with E-state index in [1.54, 1.807) is 0 Å². The van der Waals surface area contributed by atoms with Crippen molar-refractivity contribution in [3.63, 3.8) is 0 Å². The Balaban J connectivity index is 1.99. The van der Waals surface area contributed by atoms with E-state index in [1.165, 1.54) is 5.56 Å². The Hall–Kier alpha value is -1.40. The molecule has 2 N–H and O–H groups in total. The lowest BCUT2D eigenvalue weighted by molar-refractivity contribution is 0.283. The summed E-state index contributed by atoms with van der Waals surface area (Å²) in [4.78, 5) is 4.20. The molecule has 0 bridgehead atoms. The molecule has 5 nitrogen and oxygen atoms in total. The van der Waals surface area contributed by atoms with Crippen LogP contribution in [0.5, 0.6) is 5.75 Å². The Morgan fingerprint density at radius 3 is 2.85 bits per heavy atom. The van der Waals surface area contributed by atoms with Crippen molar-refractivity contribution in [1.82, 2.24) is 10.1 Å². The number of benzene rings is 1. The first-order chi connectivity index (χ1) is 9.58. The molecule has 2 rings (SSSR count). The zero-order valence-corrected chi connectivity index (χ0v) is 13.2. The molecule has 0 saturated heterocycles. The van der Waals surface area contributed by atoms with E-state index in [0.29, 0.717) is 11.7 Å². The molecule has 0 fully saturated rings. The molecule has 1 aromatic carbocycles. The van der Waals surface area contributed by atoms with Gasteiger partial charge in [-0.1, -0.05) is 18.1 Å². The maximum absolute atomic E-state index is 5.79. The highest BCUT2D eigenvalue weighted by Crippen LogP contribution is 2.27. The van der Waals surface area contributed by atoms with Gasteiger partial charge in [0, 0.05) is 12.5 Å². The number of aromatic nitrogens is 2. The lowest BCUT2D eigenvalue weighted by Gasteiger charge is -2.09. The number of aryl methyl sites for hydroxylation is 1. The third kappa shape index (κ3) is 4.05. The van der Waals surface area contributed by atoms with Crippen molar-refractivity contribution in [3.8, 4) is 5.75 Å². The third-order valence-electron chi connectivity index (χ3n) is 2.72. The Labute approximate surface area is 126 Å². The Kier molecular flexibility index (Phi) is 5.14. The van der Waals surface area contributed by atoms with Gasteiger partial charge in [0.05, 0.1) is 4.47 Å². The number of nitrogens with two attached hydrogens (primary N) is 1. The Morgan fingerprint density at radius 1 is 1.45 bits per heavy atom. The molecular formula is C14H18BrN3O2. The quantitative estimate of drug-likeness (QED) is 0.875. The van der Waals surface area contributed by atoms with Crippen LogP contribution in [0.25, 0.3) is 0 Å². The van der Waals surface area contributed by atoms with Crippen LogP contribution in [0.1, 0.15) is 31.1 Å². The molecule has 0 aliphatic rings. The smallest absolute Gasteiger partial charge is 0.226 e. The summed E-state index contributed by atoms with van der Waals surface area (Å²) < 4.78 is 11.6. The lowest BCUT2D eigenvalue weighted by Crippen LogP contribution is -2.17. The second-order valence-corrected chi connectivity index (χ2v) is 5.55. The molecule has 0 aliphatic heterocycles. The third-order valence-corrected chi connectivity index (χ3v) is 3.34. The van der Waals surface area contributed by atoms with Crippen molar-refractivity contribution < 1.29 is 9.26 Å². The fourth-order valence-electron chi connectivity index (χ4n) is 1.79. The molecule has 1 unspecified atom stereocenters. The molecule has 108 valence electrons. The van der Waals surface area contributed by atoms with E-state index in [4.69, 9.17) is 15.0 Å². The Bertz CT molecular complexity index is 569. The van der Waals surface area contributed by atoms with E-state index >= 15 is 0 Å². The average Bonchev–Trinajstić information content (AvgIpc) is 2.85. The predicted octanol–water partition coefficient (Wildman–Crippen LogP) is 2.86. The maximum Gasteiger partial charge on any atom is 0.226 e. The summed E-state index contributed by atoms with van der Waals surface area (Å²) in [6.07, 6.45) is 1.56. The molecular weight excluding hydrogens is 322 g/mol. The molecule has 1 heterocycles. The molecule has 1 aromatic heterocycles. The largest absolute Gasteiger partial charge is 0.484 e. The van der Waals surface area contributed by atoms with Crippen LogP contribution in [-0.4, -0.2) is 16.2 Å². The average molecular weight is 340 g/mol. The van der Waals surface area contributed by atoms with Crippen molar-refractivity contribution in [2.24, 2.45) is 5.73 Å². The summed E-state index contributed by atoms with van der Waals surface area (Å²) in [5.41, 5.74) is 6.96. The first-order valence-electron chi connectivity index (χ1n) is 6.56. The van der Waals surface area contributed by atoms with E-state index in [1.807, 2.05) is 32.0 Å². The van der Waals surface area contributed by atoms with Crippen molar-refractivity contribution >= 4 is 15.9 Å². The van der Waals surface area contributed by atoms with E-state index in [-0.39, 0.29) is 12.6 Å². The normalized spacial score (nSPS) is 12.4. The summed E-state index contributed by atoms with van der Waals surface area (Å²) in [6, 6.07) is 6.09. The number of halogens is 1. The lowest BCUT2D eigenvalue weighted by atomic mass is 10.1. The van der Waals surface area contributed by atoms with Gasteiger partial charge in [-0.05, 0) is 47.0 Å². The molecule has 1 atom stereocenters. The minimum Gasteiger partial charge on any atom is -0.484 e. The maximum atomic E-state index is 5.79. The van der Waals surface area contributed by atoms with Gasteiger partial charge in [-0.3, -0.25) is 0 Å². The van der Waals surface area contributed by atoms with Gasteiger partial charge in [-0.25, -0.2) is 0 Å².